The van der Waals surface area contributed by atoms with E-state index in [0.717, 1.165) is 47.4 Å². The normalized spacial score (nSPS) is 15.3. The molecule has 4 rings (SSSR count). The van der Waals surface area contributed by atoms with Crippen molar-refractivity contribution in [3.63, 3.8) is 0 Å². The van der Waals surface area contributed by atoms with Crippen LogP contribution in [0.5, 0.6) is 5.75 Å². The molecule has 1 aliphatic rings. The van der Waals surface area contributed by atoms with Crippen LogP contribution in [0.3, 0.4) is 0 Å². The second-order valence-corrected chi connectivity index (χ2v) is 11.2. The number of likely N-dealkylation sites (tertiary alicyclic amines) is 1. The Kier molecular flexibility index (Phi) is 9.25. The smallest absolute Gasteiger partial charge is 0.324 e. The molecule has 206 valence electrons. The van der Waals surface area contributed by atoms with Crippen LogP contribution in [0.15, 0.2) is 77.4 Å². The van der Waals surface area contributed by atoms with Gasteiger partial charge in [0.05, 0.1) is 11.4 Å². The van der Waals surface area contributed by atoms with Gasteiger partial charge in [0, 0.05) is 34.5 Å². The number of nitrogens with zero attached hydrogens (tertiary/aromatic N) is 2. The fourth-order valence-electron chi connectivity index (χ4n) is 4.46. The second-order valence-electron chi connectivity index (χ2n) is 11.2. The van der Waals surface area contributed by atoms with Gasteiger partial charge >= 0.3 is 6.03 Å². The number of ether oxygens (including phenoxy) is 1. The lowest BCUT2D eigenvalue weighted by molar-refractivity contribution is 0.184. The zero-order valence-electron chi connectivity index (χ0n) is 23.6. The number of aryl methyl sites for hydroxylation is 1. The van der Waals surface area contributed by atoms with Gasteiger partial charge in [0.2, 0.25) is 0 Å². The maximum atomic E-state index is 13.2. The van der Waals surface area contributed by atoms with Crippen LogP contribution in [0.1, 0.15) is 45.6 Å². The van der Waals surface area contributed by atoms with Crippen molar-refractivity contribution in [2.45, 2.75) is 47.0 Å². The van der Waals surface area contributed by atoms with Gasteiger partial charge in [-0.15, -0.1) is 0 Å². The highest BCUT2D eigenvalue weighted by molar-refractivity contribution is 6.11. The zero-order chi connectivity index (χ0) is 27.8. The quantitative estimate of drug-likeness (QED) is 0.234. The third-order valence-electron chi connectivity index (χ3n) is 6.93. The minimum absolute atomic E-state index is 0.272. The lowest BCUT2D eigenvalue weighted by Gasteiger charge is -2.26. The molecule has 0 aromatic heterocycles. The molecule has 0 saturated carbocycles. The number of aliphatic imine (C=N–C) groups is 1. The Morgan fingerprint density at radius 1 is 1.00 bits per heavy atom. The number of carbonyl (C=O) groups excluding carboxylic acids is 1. The van der Waals surface area contributed by atoms with Crippen molar-refractivity contribution in [2.75, 3.05) is 31.6 Å². The molecule has 1 heterocycles. The summed E-state index contributed by atoms with van der Waals surface area (Å²) in [6.45, 7) is 11.9. The average Bonchev–Trinajstić information content (AvgIpc) is 2.91. The molecule has 4 N–H and O–H groups in total. The van der Waals surface area contributed by atoms with Crippen LogP contribution in [-0.4, -0.2) is 43.0 Å². The number of rotatable bonds is 7. The van der Waals surface area contributed by atoms with Gasteiger partial charge in [-0.25, -0.2) is 9.79 Å². The number of hydrogen-bond donors (Lipinski definition) is 3. The minimum Gasteiger partial charge on any atom is -0.492 e. The Hall–Kier alpha value is -3.84. The number of piperidine rings is 1. The number of amides is 2. The molecule has 2 amide bonds. The van der Waals surface area contributed by atoms with Crippen molar-refractivity contribution in [3.8, 4) is 5.75 Å². The maximum absolute atomic E-state index is 13.2. The average molecular weight is 528 g/mol. The first-order valence-corrected chi connectivity index (χ1v) is 13.8. The van der Waals surface area contributed by atoms with Gasteiger partial charge in [-0.2, -0.15) is 0 Å². The molecule has 7 nitrogen and oxygen atoms in total. The molecule has 0 aliphatic carbocycles. The summed E-state index contributed by atoms with van der Waals surface area (Å²) in [5.74, 6) is 1.18. The fraction of sp³-hybridized carbons (Fsp3) is 0.375. The summed E-state index contributed by atoms with van der Waals surface area (Å²) in [5, 5.41) is 7.75. The van der Waals surface area contributed by atoms with Gasteiger partial charge in [-0.05, 0) is 57.1 Å². The number of carbonyl (C=O) groups is 1. The number of nitrogens with one attached hydrogen (secondary N) is 2. The van der Waals surface area contributed by atoms with Crippen molar-refractivity contribution < 1.29 is 9.53 Å². The van der Waals surface area contributed by atoms with Crippen molar-refractivity contribution in [3.05, 3.63) is 78.0 Å². The number of benzene rings is 3. The number of fused-ring (bicyclic) bond motifs is 1. The van der Waals surface area contributed by atoms with E-state index in [1.54, 1.807) is 6.08 Å². The third kappa shape index (κ3) is 8.07. The summed E-state index contributed by atoms with van der Waals surface area (Å²) in [6.07, 6.45) is 5.57. The van der Waals surface area contributed by atoms with Crippen LogP contribution in [0.25, 0.3) is 10.8 Å². The summed E-state index contributed by atoms with van der Waals surface area (Å²) < 4.78 is 6.19. The zero-order valence-corrected chi connectivity index (χ0v) is 23.6. The van der Waals surface area contributed by atoms with Gasteiger partial charge in [0.25, 0.3) is 0 Å². The molecular formula is C32H41N5O2. The van der Waals surface area contributed by atoms with Gasteiger partial charge < -0.3 is 15.8 Å². The van der Waals surface area contributed by atoms with E-state index in [9.17, 15) is 4.79 Å². The van der Waals surface area contributed by atoms with Gasteiger partial charge in [0.1, 0.15) is 18.2 Å². The van der Waals surface area contributed by atoms with E-state index in [2.05, 4.69) is 20.5 Å². The first-order valence-electron chi connectivity index (χ1n) is 13.8. The second kappa shape index (κ2) is 12.8. The topological polar surface area (TPSA) is 92.0 Å². The van der Waals surface area contributed by atoms with Gasteiger partial charge in [0.15, 0.2) is 0 Å². The highest BCUT2D eigenvalue weighted by Crippen LogP contribution is 2.32. The summed E-state index contributed by atoms with van der Waals surface area (Å²) in [7, 11) is 0. The van der Waals surface area contributed by atoms with Crippen LogP contribution < -0.4 is 21.1 Å². The number of anilines is 1. The van der Waals surface area contributed by atoms with Crippen LogP contribution in [0, 0.1) is 12.3 Å². The third-order valence-corrected chi connectivity index (χ3v) is 6.93. The summed E-state index contributed by atoms with van der Waals surface area (Å²) in [4.78, 5) is 20.3. The van der Waals surface area contributed by atoms with Crippen LogP contribution >= 0.6 is 0 Å². The molecule has 0 unspecified atom stereocenters. The fourth-order valence-corrected chi connectivity index (χ4v) is 4.46. The highest BCUT2D eigenvalue weighted by Gasteiger charge is 2.16. The summed E-state index contributed by atoms with van der Waals surface area (Å²) >= 11 is 0. The van der Waals surface area contributed by atoms with E-state index in [-0.39, 0.29) is 5.41 Å². The number of urea groups is 1. The van der Waals surface area contributed by atoms with E-state index in [1.807, 2.05) is 88.4 Å². The van der Waals surface area contributed by atoms with Crippen molar-refractivity contribution in [1.82, 2.24) is 10.2 Å². The molecule has 3 aromatic rings. The molecule has 39 heavy (non-hydrogen) atoms. The van der Waals surface area contributed by atoms with Crippen molar-refractivity contribution in [2.24, 2.45) is 16.1 Å². The largest absolute Gasteiger partial charge is 0.492 e. The SMILES string of the molecule is Cc1ccc(N=C(/C=C(\N)C(C)(C)C)NC(=O)Nc2ccc(OCCN3CCCCC3)c3ccccc23)cc1. The molecule has 7 heteroatoms. The van der Waals surface area contributed by atoms with Gasteiger partial charge in [-0.1, -0.05) is 69.2 Å². The molecule has 0 spiro atoms. The lowest BCUT2D eigenvalue weighted by atomic mass is 9.92. The highest BCUT2D eigenvalue weighted by atomic mass is 16.5. The standard InChI is InChI=1S/C32H41N5O2/c1-23-12-14-24(15-13-23)34-30(22-29(33)32(2,3)4)36-31(38)35-27-16-17-28(26-11-7-6-10-25(26)27)39-21-20-37-18-8-5-9-19-37/h6-7,10-17,22H,5,8-9,18-21,33H2,1-4H3,(H2,34,35,36,38)/b29-22-. The first-order chi connectivity index (χ1) is 18.7. The van der Waals surface area contributed by atoms with E-state index in [4.69, 9.17) is 10.5 Å². The first kappa shape index (κ1) is 28.2. The number of amidine groups is 1. The Morgan fingerprint density at radius 3 is 2.38 bits per heavy atom. The Bertz CT molecular complexity index is 1330. The molecule has 0 radical (unpaired) electrons. The Labute approximate surface area is 232 Å². The van der Waals surface area contributed by atoms with Crippen LogP contribution in [-0.2, 0) is 0 Å². The summed E-state index contributed by atoms with van der Waals surface area (Å²) in [6, 6.07) is 19.1. The van der Waals surface area contributed by atoms with Crippen molar-refractivity contribution in [1.29, 1.82) is 0 Å². The predicted octanol–water partition coefficient (Wildman–Crippen LogP) is 6.75. The maximum Gasteiger partial charge on any atom is 0.324 e. The van der Waals surface area contributed by atoms with Crippen molar-refractivity contribution >= 4 is 34.0 Å². The molecule has 0 bridgehead atoms. The lowest BCUT2D eigenvalue weighted by Crippen LogP contribution is -2.34. The molecule has 1 fully saturated rings. The molecular weight excluding hydrogens is 486 g/mol. The molecule has 3 aromatic carbocycles. The molecule has 0 atom stereocenters. The van der Waals surface area contributed by atoms with E-state index in [0.29, 0.717) is 23.8 Å². The van der Waals surface area contributed by atoms with E-state index in [1.165, 1.54) is 19.3 Å². The molecule has 1 saturated heterocycles. The van der Waals surface area contributed by atoms with E-state index >= 15 is 0 Å². The number of hydrogen-bond acceptors (Lipinski definition) is 5. The Morgan fingerprint density at radius 2 is 1.69 bits per heavy atom. The van der Waals surface area contributed by atoms with Gasteiger partial charge in [-0.3, -0.25) is 10.2 Å². The number of nitrogens with two attached hydrogens (primary N) is 1. The monoisotopic (exact) mass is 527 g/mol. The van der Waals surface area contributed by atoms with Crippen LogP contribution in [0.2, 0.25) is 0 Å². The van der Waals surface area contributed by atoms with Crippen LogP contribution in [0.4, 0.5) is 16.2 Å². The van der Waals surface area contributed by atoms with E-state index < -0.39 is 6.03 Å². The minimum atomic E-state index is -0.400. The summed E-state index contributed by atoms with van der Waals surface area (Å²) in [5.41, 5.74) is 9.22. The predicted molar refractivity (Wildman–Crippen MR) is 162 cm³/mol. The molecule has 1 aliphatic heterocycles. The number of allylic oxidation sites excluding steroid dienone is 1. The Balaban J connectivity index is 1.50.